The lowest BCUT2D eigenvalue weighted by atomic mass is 10.1. The summed E-state index contributed by atoms with van der Waals surface area (Å²) in [5.74, 6) is 0. The summed E-state index contributed by atoms with van der Waals surface area (Å²) in [5.41, 5.74) is 1.82. The number of aromatic nitrogens is 1. The highest BCUT2D eigenvalue weighted by molar-refractivity contribution is 5.76. The highest BCUT2D eigenvalue weighted by Crippen LogP contribution is 2.09. The lowest BCUT2D eigenvalue weighted by Gasteiger charge is -2.00. The number of aldehydes is 1. The molecule has 12 heavy (non-hydrogen) atoms. The summed E-state index contributed by atoms with van der Waals surface area (Å²) in [6.45, 7) is 5.46. The molecule has 0 fully saturated rings. The van der Waals surface area contributed by atoms with Gasteiger partial charge in [-0.2, -0.15) is 4.73 Å². The quantitative estimate of drug-likeness (QED) is 0.373. The average molecular weight is 163 g/mol. The Morgan fingerprint density at radius 2 is 2.33 bits per heavy atom. The van der Waals surface area contributed by atoms with E-state index in [2.05, 4.69) is 6.58 Å². The van der Waals surface area contributed by atoms with Gasteiger partial charge in [0, 0.05) is 5.56 Å². The third-order valence-electron chi connectivity index (χ3n) is 1.49. The number of carbonyl (C=O) groups excluding carboxylic acids is 1. The molecule has 1 aromatic rings. The summed E-state index contributed by atoms with van der Waals surface area (Å²) in [6, 6.07) is 1.63. The summed E-state index contributed by atoms with van der Waals surface area (Å²) in [7, 11) is 0. The minimum Gasteiger partial charge on any atom is -0.619 e. The van der Waals surface area contributed by atoms with Crippen molar-refractivity contribution < 1.29 is 9.52 Å². The molecule has 1 rings (SSSR count). The van der Waals surface area contributed by atoms with Gasteiger partial charge in [0.2, 0.25) is 0 Å². The molecule has 0 aliphatic carbocycles. The van der Waals surface area contributed by atoms with Gasteiger partial charge in [0.15, 0.2) is 18.7 Å². The van der Waals surface area contributed by atoms with Crippen molar-refractivity contribution in [1.82, 2.24) is 0 Å². The normalized spacial score (nSPS) is 9.42. The summed E-state index contributed by atoms with van der Waals surface area (Å²) in [4.78, 5) is 10.4. The average Bonchev–Trinajstić information content (AvgIpc) is 2.03. The molecule has 0 amide bonds. The predicted molar refractivity (Wildman–Crippen MR) is 45.5 cm³/mol. The van der Waals surface area contributed by atoms with Crippen molar-refractivity contribution in [3.63, 3.8) is 0 Å². The van der Waals surface area contributed by atoms with Crippen molar-refractivity contribution >= 4 is 11.9 Å². The van der Waals surface area contributed by atoms with Gasteiger partial charge in [0.25, 0.3) is 0 Å². The molecule has 3 heteroatoms. The zero-order chi connectivity index (χ0) is 9.14. The largest absolute Gasteiger partial charge is 0.619 e. The number of hydrogen-bond donors (Lipinski definition) is 0. The fourth-order valence-corrected chi connectivity index (χ4v) is 0.873. The van der Waals surface area contributed by atoms with E-state index < -0.39 is 0 Å². The van der Waals surface area contributed by atoms with Gasteiger partial charge in [-0.25, -0.2) is 0 Å². The van der Waals surface area contributed by atoms with Gasteiger partial charge in [-0.1, -0.05) is 6.58 Å². The summed E-state index contributed by atoms with van der Waals surface area (Å²) >= 11 is 0. The predicted octanol–water partition coefficient (Wildman–Crippen LogP) is 1.17. The van der Waals surface area contributed by atoms with Crippen LogP contribution in [0.4, 0.5) is 0 Å². The molecule has 0 unspecified atom stereocenters. The first-order valence-corrected chi connectivity index (χ1v) is 3.48. The number of pyridine rings is 1. The van der Waals surface area contributed by atoms with Gasteiger partial charge >= 0.3 is 0 Å². The topological polar surface area (TPSA) is 44.0 Å². The molecule has 1 aromatic heterocycles. The highest BCUT2D eigenvalue weighted by atomic mass is 16.5. The molecule has 0 radical (unpaired) electrons. The van der Waals surface area contributed by atoms with Crippen LogP contribution in [0, 0.1) is 5.21 Å². The van der Waals surface area contributed by atoms with Gasteiger partial charge in [0.05, 0.1) is 5.56 Å². The van der Waals surface area contributed by atoms with Crippen LogP contribution >= 0.6 is 0 Å². The maximum absolute atomic E-state index is 10.9. The van der Waals surface area contributed by atoms with E-state index in [1.54, 1.807) is 13.0 Å². The van der Waals surface area contributed by atoms with Crippen molar-refractivity contribution in [3.05, 3.63) is 41.4 Å². The fourth-order valence-electron chi connectivity index (χ4n) is 0.873. The van der Waals surface area contributed by atoms with E-state index in [1.807, 2.05) is 0 Å². The van der Waals surface area contributed by atoms with Crippen LogP contribution in [0.1, 0.15) is 22.8 Å². The maximum Gasteiger partial charge on any atom is 0.190 e. The van der Waals surface area contributed by atoms with E-state index >= 15 is 0 Å². The van der Waals surface area contributed by atoms with Crippen LogP contribution in [-0.2, 0) is 0 Å². The molecule has 0 aromatic carbocycles. The van der Waals surface area contributed by atoms with E-state index in [0.29, 0.717) is 22.1 Å². The Morgan fingerprint density at radius 1 is 1.67 bits per heavy atom. The van der Waals surface area contributed by atoms with Crippen LogP contribution in [0.3, 0.4) is 0 Å². The molecule has 0 aliphatic heterocycles. The second-order valence-corrected chi connectivity index (χ2v) is 2.62. The Labute approximate surface area is 70.5 Å². The standard InChI is InChI=1S/C9H9NO2/c1-7(2)9-3-8(6-11)4-10(12)5-9/h3-6H,1H2,2H3. The SMILES string of the molecule is C=C(C)c1cc(C=O)c[n+]([O-])c1. The minimum atomic E-state index is 0.366. The van der Waals surface area contributed by atoms with E-state index in [0.717, 1.165) is 5.57 Å². The zero-order valence-electron chi connectivity index (χ0n) is 6.78. The van der Waals surface area contributed by atoms with Gasteiger partial charge in [-0.15, -0.1) is 0 Å². The van der Waals surface area contributed by atoms with Crippen LogP contribution in [-0.4, -0.2) is 6.29 Å². The molecule has 0 N–H and O–H groups in total. The van der Waals surface area contributed by atoms with Gasteiger partial charge < -0.3 is 5.21 Å². The van der Waals surface area contributed by atoms with Crippen LogP contribution in [0.2, 0.25) is 0 Å². The number of hydrogen-bond acceptors (Lipinski definition) is 2. The van der Waals surface area contributed by atoms with Gasteiger partial charge in [-0.3, -0.25) is 4.79 Å². The minimum absolute atomic E-state index is 0.366. The maximum atomic E-state index is 10.9. The van der Waals surface area contributed by atoms with Crippen LogP contribution in [0.25, 0.3) is 5.57 Å². The molecule has 0 spiro atoms. The van der Waals surface area contributed by atoms with Crippen molar-refractivity contribution in [2.24, 2.45) is 0 Å². The Balaban J connectivity index is 3.23. The molecule has 1 heterocycles. The zero-order valence-corrected chi connectivity index (χ0v) is 6.78. The monoisotopic (exact) mass is 163 g/mol. The Kier molecular flexibility index (Phi) is 2.24. The third-order valence-corrected chi connectivity index (χ3v) is 1.49. The molecule has 0 saturated carbocycles. The Hall–Kier alpha value is -1.64. The molecule has 3 nitrogen and oxygen atoms in total. The first-order valence-electron chi connectivity index (χ1n) is 3.48. The first-order chi connectivity index (χ1) is 5.63. The van der Waals surface area contributed by atoms with Crippen LogP contribution < -0.4 is 4.73 Å². The second-order valence-electron chi connectivity index (χ2n) is 2.62. The summed E-state index contributed by atoms with van der Waals surface area (Å²) in [5, 5.41) is 10.9. The first kappa shape index (κ1) is 8.46. The smallest absolute Gasteiger partial charge is 0.190 e. The van der Waals surface area contributed by atoms with E-state index in [9.17, 15) is 10.0 Å². The lowest BCUT2D eigenvalue weighted by molar-refractivity contribution is -0.605. The number of carbonyl (C=O) groups is 1. The third kappa shape index (κ3) is 1.69. The van der Waals surface area contributed by atoms with Crippen molar-refractivity contribution in [3.8, 4) is 0 Å². The van der Waals surface area contributed by atoms with Crippen LogP contribution in [0.15, 0.2) is 25.0 Å². The fraction of sp³-hybridized carbons (Fsp3) is 0.111. The second kappa shape index (κ2) is 3.17. The molecular formula is C9H9NO2. The van der Waals surface area contributed by atoms with Crippen molar-refractivity contribution in [1.29, 1.82) is 0 Å². The van der Waals surface area contributed by atoms with Gasteiger partial charge in [0.1, 0.15) is 0 Å². The molecule has 0 saturated heterocycles. The molecular weight excluding hydrogens is 154 g/mol. The number of rotatable bonds is 2. The van der Waals surface area contributed by atoms with E-state index in [4.69, 9.17) is 0 Å². The molecule has 0 bridgehead atoms. The Morgan fingerprint density at radius 3 is 2.83 bits per heavy atom. The molecule has 0 aliphatic rings. The van der Waals surface area contributed by atoms with E-state index in [-0.39, 0.29) is 0 Å². The summed E-state index contributed by atoms with van der Waals surface area (Å²) in [6.07, 6.45) is 3.25. The van der Waals surface area contributed by atoms with E-state index in [1.165, 1.54) is 12.4 Å². The van der Waals surface area contributed by atoms with Crippen molar-refractivity contribution in [2.45, 2.75) is 6.92 Å². The lowest BCUT2D eigenvalue weighted by Crippen LogP contribution is -2.26. The Bertz CT molecular complexity index is 331. The molecule has 0 atom stereocenters. The highest BCUT2D eigenvalue weighted by Gasteiger charge is 2.02. The van der Waals surface area contributed by atoms with Gasteiger partial charge in [-0.05, 0) is 18.6 Å². The van der Waals surface area contributed by atoms with Crippen molar-refractivity contribution in [2.75, 3.05) is 0 Å². The summed E-state index contributed by atoms with van der Waals surface area (Å²) < 4.78 is 0.605. The molecule has 62 valence electrons. The number of nitrogens with zero attached hydrogens (tertiary/aromatic N) is 1. The van der Waals surface area contributed by atoms with Crippen LogP contribution in [0.5, 0.6) is 0 Å². The number of allylic oxidation sites excluding steroid dienone is 1.